The Morgan fingerprint density at radius 3 is 2.45 bits per heavy atom. The third-order valence-electron chi connectivity index (χ3n) is 6.86. The van der Waals surface area contributed by atoms with Crippen LogP contribution in [0.2, 0.25) is 0 Å². The van der Waals surface area contributed by atoms with Crippen LogP contribution in [-0.4, -0.2) is 40.4 Å². The maximum Gasteiger partial charge on any atom is 0.338 e. The summed E-state index contributed by atoms with van der Waals surface area (Å²) < 4.78 is 5.98. The van der Waals surface area contributed by atoms with Gasteiger partial charge in [-0.3, -0.25) is 14.4 Å². The van der Waals surface area contributed by atoms with E-state index in [4.69, 9.17) is 9.72 Å². The zero-order chi connectivity index (χ0) is 28.2. The lowest BCUT2D eigenvalue weighted by atomic mass is 10.1. The number of ether oxygens (including phenoxy) is 1. The second-order valence-corrected chi connectivity index (χ2v) is 11.7. The van der Waals surface area contributed by atoms with Crippen molar-refractivity contribution < 1.29 is 23.9 Å². The van der Waals surface area contributed by atoms with Crippen LogP contribution in [0.1, 0.15) is 63.2 Å². The fraction of sp³-hybridized carbons (Fsp3) is 0.267. The van der Waals surface area contributed by atoms with Gasteiger partial charge in [0.2, 0.25) is 11.8 Å². The van der Waals surface area contributed by atoms with Gasteiger partial charge in [0, 0.05) is 22.2 Å². The summed E-state index contributed by atoms with van der Waals surface area (Å²) in [5, 5.41) is 9.47. The molecule has 0 N–H and O–H groups in total. The maximum absolute atomic E-state index is 13.3. The van der Waals surface area contributed by atoms with Crippen molar-refractivity contribution in [2.45, 2.75) is 48.8 Å². The predicted octanol–water partition coefficient (Wildman–Crippen LogP) is 5.45. The van der Waals surface area contributed by atoms with Crippen LogP contribution in [0.15, 0.2) is 64.1 Å². The molecular weight excluding hydrogens is 594 g/mol. The SMILES string of the molecule is N#Cc1cc2c(nc1SC1CC(=O)N(c3ccc(C(=O)OCC(=O)c4ccc(Br)cc4)cc3)C1=O)CCCCC2. The summed E-state index contributed by atoms with van der Waals surface area (Å²) >= 11 is 4.46. The van der Waals surface area contributed by atoms with Crippen LogP contribution in [0.25, 0.3) is 0 Å². The number of halogens is 1. The molecule has 5 rings (SSSR count). The van der Waals surface area contributed by atoms with Gasteiger partial charge in [-0.15, -0.1) is 0 Å². The van der Waals surface area contributed by atoms with Crippen molar-refractivity contribution >= 4 is 56.9 Å². The Hall–Kier alpha value is -3.81. The van der Waals surface area contributed by atoms with E-state index in [1.807, 2.05) is 6.07 Å². The van der Waals surface area contributed by atoms with E-state index in [1.54, 1.807) is 24.3 Å². The highest BCUT2D eigenvalue weighted by Crippen LogP contribution is 2.36. The van der Waals surface area contributed by atoms with Gasteiger partial charge in [0.25, 0.3) is 0 Å². The number of anilines is 1. The Morgan fingerprint density at radius 2 is 1.73 bits per heavy atom. The van der Waals surface area contributed by atoms with Gasteiger partial charge >= 0.3 is 5.97 Å². The highest BCUT2D eigenvalue weighted by atomic mass is 79.9. The second kappa shape index (κ2) is 12.1. The number of Topliss-reactive ketones (excluding diaryl/α,β-unsaturated/α-hetero) is 1. The van der Waals surface area contributed by atoms with Gasteiger partial charge in [-0.2, -0.15) is 5.26 Å². The molecule has 0 bridgehead atoms. The Labute approximate surface area is 243 Å². The van der Waals surface area contributed by atoms with E-state index in [-0.39, 0.29) is 23.7 Å². The quantitative estimate of drug-likeness (QED) is 0.149. The maximum atomic E-state index is 13.3. The molecule has 1 aliphatic carbocycles. The van der Waals surface area contributed by atoms with Crippen LogP contribution >= 0.6 is 27.7 Å². The van der Waals surface area contributed by atoms with Gasteiger partial charge in [-0.05, 0) is 73.7 Å². The number of aromatic nitrogens is 1. The van der Waals surface area contributed by atoms with E-state index in [0.717, 1.165) is 64.5 Å². The first-order valence-electron chi connectivity index (χ1n) is 12.9. The first-order valence-corrected chi connectivity index (χ1v) is 14.5. The van der Waals surface area contributed by atoms with E-state index in [1.165, 1.54) is 24.3 Å². The molecule has 2 aromatic carbocycles. The normalized spacial score (nSPS) is 16.7. The molecule has 0 spiro atoms. The Balaban J connectivity index is 1.24. The van der Waals surface area contributed by atoms with Gasteiger partial charge in [-0.1, -0.05) is 46.2 Å². The van der Waals surface area contributed by atoms with Crippen molar-refractivity contribution in [1.82, 2.24) is 4.98 Å². The number of benzene rings is 2. The summed E-state index contributed by atoms with van der Waals surface area (Å²) in [4.78, 5) is 56.7. The number of nitrogens with zero attached hydrogens (tertiary/aromatic N) is 3. The van der Waals surface area contributed by atoms with E-state index in [9.17, 15) is 24.4 Å². The molecule has 1 unspecified atom stereocenters. The molecule has 0 radical (unpaired) electrons. The minimum absolute atomic E-state index is 0.0188. The van der Waals surface area contributed by atoms with Crippen molar-refractivity contribution in [3.05, 3.63) is 87.0 Å². The molecule has 1 atom stereocenters. The smallest absolute Gasteiger partial charge is 0.338 e. The number of aryl methyl sites for hydroxylation is 2. The summed E-state index contributed by atoms with van der Waals surface area (Å²) in [6.45, 7) is -0.411. The van der Waals surface area contributed by atoms with Crippen LogP contribution in [-0.2, 0) is 27.2 Å². The number of ketones is 1. The fourth-order valence-corrected chi connectivity index (χ4v) is 6.10. The third-order valence-corrected chi connectivity index (χ3v) is 8.57. The van der Waals surface area contributed by atoms with Gasteiger partial charge < -0.3 is 4.74 Å². The molecule has 202 valence electrons. The molecular formula is C30H24BrN3O5S. The zero-order valence-electron chi connectivity index (χ0n) is 21.4. The molecule has 8 nitrogen and oxygen atoms in total. The number of esters is 1. The monoisotopic (exact) mass is 617 g/mol. The number of imide groups is 1. The second-order valence-electron chi connectivity index (χ2n) is 9.55. The van der Waals surface area contributed by atoms with Crippen LogP contribution in [0.4, 0.5) is 5.69 Å². The lowest BCUT2D eigenvalue weighted by molar-refractivity contribution is -0.121. The molecule has 1 aliphatic heterocycles. The Bertz CT molecular complexity index is 1530. The van der Waals surface area contributed by atoms with E-state index < -0.39 is 23.7 Å². The molecule has 1 aromatic heterocycles. The molecule has 0 saturated carbocycles. The van der Waals surface area contributed by atoms with Crippen molar-refractivity contribution in [2.75, 3.05) is 11.5 Å². The molecule has 2 heterocycles. The molecule has 10 heteroatoms. The lowest BCUT2D eigenvalue weighted by Crippen LogP contribution is -2.31. The standard InChI is InChI=1S/C30H24BrN3O5S/c31-22-10-6-18(7-11-22)25(35)17-39-30(38)19-8-12-23(13-9-19)34-27(36)15-26(29(34)37)40-28-21(16-32)14-20-4-2-1-3-5-24(20)33-28/h6-14,26H,1-5,15,17H2. The highest BCUT2D eigenvalue weighted by Gasteiger charge is 2.41. The summed E-state index contributed by atoms with van der Waals surface area (Å²) in [7, 11) is 0. The fourth-order valence-electron chi connectivity index (χ4n) is 4.74. The van der Waals surface area contributed by atoms with Crippen molar-refractivity contribution in [3.63, 3.8) is 0 Å². The molecule has 2 aliphatic rings. The first kappa shape index (κ1) is 27.7. The Morgan fingerprint density at radius 1 is 1.02 bits per heavy atom. The summed E-state index contributed by atoms with van der Waals surface area (Å²) in [6, 6.07) is 16.7. The van der Waals surface area contributed by atoms with Crippen molar-refractivity contribution in [1.29, 1.82) is 5.26 Å². The van der Waals surface area contributed by atoms with Crippen LogP contribution in [0.5, 0.6) is 0 Å². The number of pyridine rings is 1. The minimum atomic E-state index is -0.704. The summed E-state index contributed by atoms with van der Waals surface area (Å²) in [5.41, 5.74) is 3.42. The number of nitriles is 1. The summed E-state index contributed by atoms with van der Waals surface area (Å²) in [5.74, 6) is -1.79. The number of carbonyl (C=O) groups excluding carboxylic acids is 4. The van der Waals surface area contributed by atoms with Gasteiger partial charge in [0.05, 0.1) is 22.1 Å². The van der Waals surface area contributed by atoms with E-state index in [2.05, 4.69) is 22.0 Å². The van der Waals surface area contributed by atoms with Crippen LogP contribution in [0.3, 0.4) is 0 Å². The first-order chi connectivity index (χ1) is 19.3. The average Bonchev–Trinajstić information content (AvgIpc) is 3.10. The van der Waals surface area contributed by atoms with Crippen LogP contribution < -0.4 is 4.90 Å². The Kier molecular flexibility index (Phi) is 8.43. The number of amides is 2. The highest BCUT2D eigenvalue weighted by molar-refractivity contribution is 9.10. The average molecular weight is 619 g/mol. The number of rotatable bonds is 7. The number of carbonyl (C=O) groups is 4. The lowest BCUT2D eigenvalue weighted by Gasteiger charge is -2.16. The number of thioether (sulfide) groups is 1. The molecule has 3 aromatic rings. The van der Waals surface area contributed by atoms with Gasteiger partial charge in [-0.25, -0.2) is 14.7 Å². The topological polar surface area (TPSA) is 117 Å². The molecule has 1 fully saturated rings. The van der Waals surface area contributed by atoms with E-state index in [0.29, 0.717) is 21.8 Å². The minimum Gasteiger partial charge on any atom is -0.454 e. The number of hydrogen-bond donors (Lipinski definition) is 0. The number of fused-ring (bicyclic) bond motifs is 1. The molecule has 40 heavy (non-hydrogen) atoms. The molecule has 1 saturated heterocycles. The number of hydrogen-bond acceptors (Lipinski definition) is 8. The third kappa shape index (κ3) is 6.01. The van der Waals surface area contributed by atoms with Crippen molar-refractivity contribution in [3.8, 4) is 6.07 Å². The van der Waals surface area contributed by atoms with E-state index >= 15 is 0 Å². The van der Waals surface area contributed by atoms with Crippen molar-refractivity contribution in [2.24, 2.45) is 0 Å². The van der Waals surface area contributed by atoms with Gasteiger partial charge in [0.15, 0.2) is 12.4 Å². The predicted molar refractivity (Wildman–Crippen MR) is 152 cm³/mol. The zero-order valence-corrected chi connectivity index (χ0v) is 23.8. The summed E-state index contributed by atoms with van der Waals surface area (Å²) in [6.07, 6.45) is 4.93. The molecule has 2 amide bonds. The largest absolute Gasteiger partial charge is 0.454 e. The van der Waals surface area contributed by atoms with Crippen LogP contribution in [0, 0.1) is 11.3 Å². The van der Waals surface area contributed by atoms with Gasteiger partial charge in [0.1, 0.15) is 11.1 Å².